The number of H-pyrrole nitrogens is 1. The van der Waals surface area contributed by atoms with Gasteiger partial charge in [-0.25, -0.2) is 4.98 Å². The highest BCUT2D eigenvalue weighted by atomic mass is 32.2. The number of alkyl halides is 3. The molecular weight excluding hydrogens is 387 g/mol. The van der Waals surface area contributed by atoms with E-state index < -0.39 is 22.9 Å². The van der Waals surface area contributed by atoms with Crippen molar-refractivity contribution in [3.05, 3.63) is 36.2 Å². The minimum absolute atomic E-state index is 0.0217. The number of pyridine rings is 1. The van der Waals surface area contributed by atoms with E-state index in [4.69, 9.17) is 9.47 Å². The number of ether oxygens (including phenoxy) is 3. The summed E-state index contributed by atoms with van der Waals surface area (Å²) in [6, 6.07) is 5.23. The molecule has 2 heterocycles. The Morgan fingerprint density at radius 3 is 2.63 bits per heavy atom. The van der Waals surface area contributed by atoms with Crippen LogP contribution in [0.3, 0.4) is 0 Å². The summed E-state index contributed by atoms with van der Waals surface area (Å²) in [5, 5.41) is 0.0980. The Bertz CT molecular complexity index is 991. The van der Waals surface area contributed by atoms with Gasteiger partial charge in [-0.1, -0.05) is 0 Å². The number of hydrogen-bond acceptors (Lipinski definition) is 6. The molecule has 0 amide bonds. The molecule has 3 aromatic rings. The molecule has 1 atom stereocenters. The summed E-state index contributed by atoms with van der Waals surface area (Å²) in [5.74, 6) is 0.377. The number of hydrogen-bond donors (Lipinski definition) is 1. The lowest BCUT2D eigenvalue weighted by Gasteiger charge is -2.10. The normalized spacial score (nSPS) is 12.8. The number of methoxy groups -OCH3 is 2. The highest BCUT2D eigenvalue weighted by Crippen LogP contribution is 2.31. The van der Waals surface area contributed by atoms with E-state index >= 15 is 0 Å². The van der Waals surface area contributed by atoms with Crippen LogP contribution in [0.15, 0.2) is 35.6 Å². The van der Waals surface area contributed by atoms with Gasteiger partial charge in [-0.3, -0.25) is 9.19 Å². The monoisotopic (exact) mass is 401 g/mol. The van der Waals surface area contributed by atoms with Crippen molar-refractivity contribution in [2.75, 3.05) is 14.2 Å². The summed E-state index contributed by atoms with van der Waals surface area (Å²) in [4.78, 5) is 11.0. The molecule has 0 aliphatic carbocycles. The van der Waals surface area contributed by atoms with Crippen molar-refractivity contribution in [1.29, 1.82) is 0 Å². The minimum Gasteiger partial charge on any atom is -0.493 e. The van der Waals surface area contributed by atoms with E-state index in [1.165, 1.54) is 26.5 Å². The van der Waals surface area contributed by atoms with Crippen LogP contribution in [0, 0.1) is 0 Å². The molecule has 0 aliphatic rings. The van der Waals surface area contributed by atoms with Crippen molar-refractivity contribution in [1.82, 2.24) is 15.0 Å². The molecule has 0 saturated heterocycles. The van der Waals surface area contributed by atoms with Crippen LogP contribution in [0.2, 0.25) is 0 Å². The maximum absolute atomic E-state index is 12.6. The summed E-state index contributed by atoms with van der Waals surface area (Å²) in [5.41, 5.74) is 1.03. The molecule has 0 bridgehead atoms. The lowest BCUT2D eigenvalue weighted by molar-refractivity contribution is -0.274. The average molecular weight is 401 g/mol. The van der Waals surface area contributed by atoms with Gasteiger partial charge in [0.15, 0.2) is 16.7 Å². The van der Waals surface area contributed by atoms with Gasteiger partial charge >= 0.3 is 6.36 Å². The van der Waals surface area contributed by atoms with Gasteiger partial charge in [-0.2, -0.15) is 0 Å². The molecule has 27 heavy (non-hydrogen) atoms. The van der Waals surface area contributed by atoms with Crippen LogP contribution >= 0.6 is 0 Å². The molecule has 1 N–H and O–H groups in total. The fourth-order valence-electron chi connectivity index (χ4n) is 2.42. The largest absolute Gasteiger partial charge is 0.573 e. The highest BCUT2D eigenvalue weighted by Gasteiger charge is 2.31. The summed E-state index contributed by atoms with van der Waals surface area (Å²) >= 11 is 0. The van der Waals surface area contributed by atoms with Gasteiger partial charge in [0, 0.05) is 18.3 Å². The van der Waals surface area contributed by atoms with Crippen LogP contribution in [0.1, 0.15) is 5.69 Å². The average Bonchev–Trinajstić information content (AvgIpc) is 3.03. The van der Waals surface area contributed by atoms with E-state index in [0.717, 1.165) is 12.1 Å². The molecule has 0 fully saturated rings. The number of aromatic nitrogens is 3. The van der Waals surface area contributed by atoms with Gasteiger partial charge in [0.2, 0.25) is 0 Å². The number of imidazole rings is 1. The second-order valence-corrected chi connectivity index (χ2v) is 6.62. The SMILES string of the molecule is COc1ccnc(C[S@@](=O)c2nc3ccc(OC(F)(F)F)cc3[nH]2)c1OC. The molecule has 7 nitrogen and oxygen atoms in total. The lowest BCUT2D eigenvalue weighted by Crippen LogP contribution is -2.16. The highest BCUT2D eigenvalue weighted by molar-refractivity contribution is 7.84. The van der Waals surface area contributed by atoms with Crippen molar-refractivity contribution in [3.63, 3.8) is 0 Å². The van der Waals surface area contributed by atoms with Gasteiger partial charge in [0.05, 0.1) is 47.5 Å². The zero-order valence-electron chi connectivity index (χ0n) is 14.2. The zero-order chi connectivity index (χ0) is 19.6. The number of halogens is 3. The quantitative estimate of drug-likeness (QED) is 0.683. The van der Waals surface area contributed by atoms with Crippen molar-refractivity contribution >= 4 is 21.8 Å². The van der Waals surface area contributed by atoms with Crippen molar-refractivity contribution in [2.45, 2.75) is 17.3 Å². The zero-order valence-corrected chi connectivity index (χ0v) is 15.0. The Labute approximate surface area is 153 Å². The first-order valence-corrected chi connectivity index (χ1v) is 8.82. The topological polar surface area (TPSA) is 86.3 Å². The van der Waals surface area contributed by atoms with E-state index in [1.807, 2.05) is 0 Å². The number of aromatic amines is 1. The van der Waals surface area contributed by atoms with Crippen LogP contribution in [0.4, 0.5) is 13.2 Å². The summed E-state index contributed by atoms with van der Waals surface area (Å²) in [6.07, 6.45) is -3.30. The Morgan fingerprint density at radius 1 is 1.19 bits per heavy atom. The van der Waals surface area contributed by atoms with Crippen LogP contribution in [-0.2, 0) is 16.6 Å². The van der Waals surface area contributed by atoms with Gasteiger partial charge in [-0.05, 0) is 12.1 Å². The number of benzene rings is 1. The number of nitrogens with zero attached hydrogens (tertiary/aromatic N) is 2. The van der Waals surface area contributed by atoms with Crippen LogP contribution in [-0.4, -0.2) is 39.7 Å². The van der Waals surface area contributed by atoms with Gasteiger partial charge in [0.25, 0.3) is 0 Å². The molecule has 2 aromatic heterocycles. The van der Waals surface area contributed by atoms with Crippen molar-refractivity contribution < 1.29 is 31.6 Å². The maximum atomic E-state index is 12.6. The summed E-state index contributed by atoms with van der Waals surface area (Å²) < 4.78 is 63.9. The smallest absolute Gasteiger partial charge is 0.493 e. The van der Waals surface area contributed by atoms with Crippen LogP contribution < -0.4 is 14.2 Å². The van der Waals surface area contributed by atoms with Gasteiger partial charge in [0.1, 0.15) is 5.75 Å². The van der Waals surface area contributed by atoms with E-state index in [0.29, 0.717) is 22.7 Å². The number of fused-ring (bicyclic) bond motifs is 1. The van der Waals surface area contributed by atoms with Crippen LogP contribution in [0.5, 0.6) is 17.2 Å². The van der Waals surface area contributed by atoms with Crippen molar-refractivity contribution in [3.8, 4) is 17.2 Å². The van der Waals surface area contributed by atoms with E-state index in [1.54, 1.807) is 6.07 Å². The Balaban J connectivity index is 1.86. The molecular formula is C16H14F3N3O4S. The molecule has 11 heteroatoms. The first-order valence-electron chi connectivity index (χ1n) is 7.50. The van der Waals surface area contributed by atoms with E-state index in [2.05, 4.69) is 19.7 Å². The van der Waals surface area contributed by atoms with Crippen LogP contribution in [0.25, 0.3) is 11.0 Å². The molecule has 0 saturated carbocycles. The number of rotatable bonds is 6. The van der Waals surface area contributed by atoms with Crippen molar-refractivity contribution in [2.24, 2.45) is 0 Å². The fraction of sp³-hybridized carbons (Fsp3) is 0.250. The maximum Gasteiger partial charge on any atom is 0.573 e. The third kappa shape index (κ3) is 4.30. The Hall–Kier alpha value is -2.82. The molecule has 1 aromatic carbocycles. The predicted molar refractivity (Wildman–Crippen MR) is 90.2 cm³/mol. The van der Waals surface area contributed by atoms with Gasteiger partial charge < -0.3 is 19.2 Å². The standard InChI is InChI=1S/C16H14F3N3O4S/c1-24-13-5-6-20-12(14(13)25-2)8-27(23)15-21-10-4-3-9(7-11(10)22-15)26-16(17,18)19/h3-7H,8H2,1-2H3,(H,21,22)/t27-/m1/s1. The third-order valence-electron chi connectivity index (χ3n) is 3.51. The predicted octanol–water partition coefficient (Wildman–Crippen LogP) is 3.18. The molecule has 0 spiro atoms. The third-order valence-corrected chi connectivity index (χ3v) is 4.68. The van der Waals surface area contributed by atoms with Gasteiger partial charge in [-0.15, -0.1) is 13.2 Å². The first kappa shape index (κ1) is 19.0. The lowest BCUT2D eigenvalue weighted by atomic mass is 10.3. The summed E-state index contributed by atoms with van der Waals surface area (Å²) in [7, 11) is 1.27. The Morgan fingerprint density at radius 2 is 1.96 bits per heavy atom. The summed E-state index contributed by atoms with van der Waals surface area (Å²) in [6.45, 7) is 0. The molecule has 0 aliphatic heterocycles. The fourth-order valence-corrected chi connectivity index (χ4v) is 3.43. The molecule has 0 radical (unpaired) electrons. The van der Waals surface area contributed by atoms with E-state index in [-0.39, 0.29) is 16.4 Å². The second-order valence-electron chi connectivity index (χ2n) is 5.25. The second kappa shape index (κ2) is 7.43. The Kier molecular flexibility index (Phi) is 5.22. The van der Waals surface area contributed by atoms with E-state index in [9.17, 15) is 17.4 Å². The molecule has 0 unspecified atom stereocenters. The molecule has 3 rings (SSSR count). The first-order chi connectivity index (χ1) is 12.8. The minimum atomic E-state index is -4.80. The number of nitrogens with one attached hydrogen (secondary N) is 1. The molecule has 144 valence electrons.